The maximum Gasteiger partial charge on any atom is 0.277 e. The number of amides is 1. The van der Waals surface area contributed by atoms with E-state index in [1.165, 1.54) is 16.4 Å². The van der Waals surface area contributed by atoms with Crippen molar-refractivity contribution in [2.45, 2.75) is 31.0 Å². The number of nitrogens with one attached hydrogen (secondary N) is 1. The predicted octanol–water partition coefficient (Wildman–Crippen LogP) is -0.135. The van der Waals surface area contributed by atoms with Gasteiger partial charge in [0.1, 0.15) is 0 Å². The van der Waals surface area contributed by atoms with Gasteiger partial charge in [-0.15, -0.1) is 0 Å². The van der Waals surface area contributed by atoms with E-state index in [1.807, 2.05) is 18.7 Å². The Kier molecular flexibility index (Phi) is 6.43. The maximum absolute atomic E-state index is 12.7. The first-order chi connectivity index (χ1) is 12.8. The molecule has 27 heavy (non-hydrogen) atoms. The standard InChI is InChI=1S/C18H26ClN3O4S/c1-14-11-21(12-15(2)26-14)18(23)13-20-7-9-22(10-8-20)27(24,25)17-5-3-16(19)4-6-17/h3-6,14-15H,7-13H2,1-2H3/p+1/t14-,15+. The van der Waals surface area contributed by atoms with Gasteiger partial charge in [0, 0.05) is 18.1 Å². The van der Waals surface area contributed by atoms with E-state index < -0.39 is 10.0 Å². The zero-order valence-electron chi connectivity index (χ0n) is 15.7. The van der Waals surface area contributed by atoms with Crippen molar-refractivity contribution in [3.05, 3.63) is 29.3 Å². The summed E-state index contributed by atoms with van der Waals surface area (Å²) in [5, 5.41) is 0.508. The SMILES string of the molecule is C[C@@H]1CN(C(=O)C[NH+]2CCN(S(=O)(=O)c3ccc(Cl)cc3)CC2)C[C@H](C)O1. The number of carbonyl (C=O) groups is 1. The number of sulfonamides is 1. The van der Waals surface area contributed by atoms with Crippen molar-refractivity contribution in [2.75, 3.05) is 45.8 Å². The molecule has 2 fully saturated rings. The van der Waals surface area contributed by atoms with Crippen molar-refractivity contribution in [3.63, 3.8) is 0 Å². The van der Waals surface area contributed by atoms with E-state index in [1.54, 1.807) is 12.1 Å². The number of morpholine rings is 1. The lowest BCUT2D eigenvalue weighted by Crippen LogP contribution is -3.15. The van der Waals surface area contributed by atoms with Gasteiger partial charge in [-0.25, -0.2) is 8.42 Å². The molecule has 2 heterocycles. The molecule has 0 bridgehead atoms. The molecular weight excluding hydrogens is 390 g/mol. The Morgan fingerprint density at radius 1 is 1.15 bits per heavy atom. The van der Waals surface area contributed by atoms with Crippen LogP contribution in [0, 0.1) is 0 Å². The van der Waals surface area contributed by atoms with Gasteiger partial charge in [-0.2, -0.15) is 4.31 Å². The fourth-order valence-corrected chi connectivity index (χ4v) is 5.25. The Labute approximate surface area is 165 Å². The molecule has 2 saturated heterocycles. The number of quaternary nitrogens is 1. The van der Waals surface area contributed by atoms with Crippen LogP contribution in [0.15, 0.2) is 29.2 Å². The lowest BCUT2D eigenvalue weighted by Gasteiger charge is -2.37. The highest BCUT2D eigenvalue weighted by Gasteiger charge is 2.33. The fourth-order valence-electron chi connectivity index (χ4n) is 3.68. The molecule has 1 N–H and O–H groups in total. The Balaban J connectivity index is 1.54. The second kappa shape index (κ2) is 8.45. The Hall–Kier alpha value is -1.19. The second-order valence-corrected chi connectivity index (χ2v) is 9.72. The van der Waals surface area contributed by atoms with Gasteiger partial charge in [0.15, 0.2) is 6.54 Å². The van der Waals surface area contributed by atoms with Gasteiger partial charge in [-0.05, 0) is 38.1 Å². The fraction of sp³-hybridized carbons (Fsp3) is 0.611. The van der Waals surface area contributed by atoms with E-state index in [4.69, 9.17) is 16.3 Å². The van der Waals surface area contributed by atoms with Crippen LogP contribution in [0.2, 0.25) is 5.02 Å². The minimum atomic E-state index is -3.52. The van der Waals surface area contributed by atoms with Gasteiger partial charge in [-0.1, -0.05) is 11.6 Å². The Bertz CT molecular complexity index is 753. The zero-order valence-corrected chi connectivity index (χ0v) is 17.3. The molecule has 2 aliphatic rings. The molecule has 0 saturated carbocycles. The topological polar surface area (TPSA) is 71.4 Å². The number of nitrogens with zero attached hydrogens (tertiary/aromatic N) is 2. The molecule has 0 aliphatic carbocycles. The first kappa shape index (κ1) is 20.5. The number of carbonyl (C=O) groups excluding carboxylic acids is 1. The smallest absolute Gasteiger partial charge is 0.277 e. The summed E-state index contributed by atoms with van der Waals surface area (Å²) in [6, 6.07) is 6.22. The number of benzene rings is 1. The minimum Gasteiger partial charge on any atom is -0.372 e. The van der Waals surface area contributed by atoms with Crippen molar-refractivity contribution >= 4 is 27.5 Å². The van der Waals surface area contributed by atoms with Crippen molar-refractivity contribution in [1.82, 2.24) is 9.21 Å². The van der Waals surface area contributed by atoms with Gasteiger partial charge < -0.3 is 14.5 Å². The molecule has 150 valence electrons. The monoisotopic (exact) mass is 416 g/mol. The van der Waals surface area contributed by atoms with Crippen LogP contribution >= 0.6 is 11.6 Å². The molecule has 3 rings (SSSR count). The summed E-state index contributed by atoms with van der Waals surface area (Å²) in [5.41, 5.74) is 0. The van der Waals surface area contributed by atoms with E-state index >= 15 is 0 Å². The number of ether oxygens (including phenoxy) is 1. The van der Waals surface area contributed by atoms with Gasteiger partial charge in [0.05, 0.1) is 43.3 Å². The minimum absolute atomic E-state index is 0.0501. The first-order valence-electron chi connectivity index (χ1n) is 9.28. The van der Waals surface area contributed by atoms with Crippen molar-refractivity contribution in [3.8, 4) is 0 Å². The molecule has 0 spiro atoms. The molecule has 0 aromatic heterocycles. The Morgan fingerprint density at radius 2 is 1.70 bits per heavy atom. The average molecular weight is 417 g/mol. The number of rotatable bonds is 4. The van der Waals surface area contributed by atoms with E-state index in [2.05, 4.69) is 0 Å². The normalized spacial score (nSPS) is 25.5. The van der Waals surface area contributed by atoms with E-state index in [9.17, 15) is 13.2 Å². The molecule has 9 heteroatoms. The molecule has 1 aromatic carbocycles. The summed E-state index contributed by atoms with van der Waals surface area (Å²) in [5.74, 6) is 0.112. The molecule has 1 amide bonds. The van der Waals surface area contributed by atoms with Crippen LogP contribution in [-0.2, 0) is 19.6 Å². The summed E-state index contributed by atoms with van der Waals surface area (Å²) in [7, 11) is -3.52. The summed E-state index contributed by atoms with van der Waals surface area (Å²) in [6.07, 6.45) is 0.100. The van der Waals surface area contributed by atoms with Gasteiger partial charge in [0.25, 0.3) is 5.91 Å². The highest BCUT2D eigenvalue weighted by molar-refractivity contribution is 7.89. The lowest BCUT2D eigenvalue weighted by molar-refractivity contribution is -0.896. The van der Waals surface area contributed by atoms with Crippen LogP contribution < -0.4 is 4.90 Å². The number of piperazine rings is 1. The molecule has 1 aromatic rings. The second-order valence-electron chi connectivity index (χ2n) is 7.34. The van der Waals surface area contributed by atoms with Gasteiger partial charge >= 0.3 is 0 Å². The predicted molar refractivity (Wildman–Crippen MR) is 102 cm³/mol. The molecule has 2 atom stereocenters. The van der Waals surface area contributed by atoms with Crippen LogP contribution in [0.25, 0.3) is 0 Å². The zero-order chi connectivity index (χ0) is 19.6. The third kappa shape index (κ3) is 5.00. The van der Waals surface area contributed by atoms with Gasteiger partial charge in [-0.3, -0.25) is 4.79 Å². The van der Waals surface area contributed by atoms with Crippen molar-refractivity contribution < 1.29 is 22.8 Å². The van der Waals surface area contributed by atoms with E-state index in [0.717, 1.165) is 4.90 Å². The quantitative estimate of drug-likeness (QED) is 0.742. The number of hydrogen-bond acceptors (Lipinski definition) is 4. The highest BCUT2D eigenvalue weighted by atomic mass is 35.5. The van der Waals surface area contributed by atoms with Crippen LogP contribution in [0.5, 0.6) is 0 Å². The summed E-state index contributed by atoms with van der Waals surface area (Å²) < 4.78 is 32.6. The first-order valence-corrected chi connectivity index (χ1v) is 11.1. The third-order valence-electron chi connectivity index (χ3n) is 5.05. The lowest BCUT2D eigenvalue weighted by atomic mass is 10.2. The molecule has 2 aliphatic heterocycles. The van der Waals surface area contributed by atoms with Crippen molar-refractivity contribution in [2.24, 2.45) is 0 Å². The van der Waals surface area contributed by atoms with Crippen molar-refractivity contribution in [1.29, 1.82) is 0 Å². The van der Waals surface area contributed by atoms with Crippen LogP contribution in [0.3, 0.4) is 0 Å². The average Bonchev–Trinajstić information content (AvgIpc) is 2.61. The largest absolute Gasteiger partial charge is 0.372 e. The number of halogens is 1. The summed E-state index contributed by atoms with van der Waals surface area (Å²) in [4.78, 5) is 15.8. The molecule has 0 unspecified atom stereocenters. The summed E-state index contributed by atoms with van der Waals surface area (Å²) in [6.45, 7) is 7.64. The van der Waals surface area contributed by atoms with Crippen LogP contribution in [-0.4, -0.2) is 81.6 Å². The molecular formula is C18H27ClN3O4S+. The van der Waals surface area contributed by atoms with Gasteiger partial charge in [0.2, 0.25) is 10.0 Å². The summed E-state index contributed by atoms with van der Waals surface area (Å²) >= 11 is 5.84. The van der Waals surface area contributed by atoms with Crippen LogP contribution in [0.1, 0.15) is 13.8 Å². The number of hydrogen-bond donors (Lipinski definition) is 1. The van der Waals surface area contributed by atoms with E-state index in [0.29, 0.717) is 50.8 Å². The molecule has 7 nitrogen and oxygen atoms in total. The molecule has 0 radical (unpaired) electrons. The maximum atomic E-state index is 12.7. The van der Waals surface area contributed by atoms with Crippen LogP contribution in [0.4, 0.5) is 0 Å². The Morgan fingerprint density at radius 3 is 2.26 bits per heavy atom. The van der Waals surface area contributed by atoms with E-state index in [-0.39, 0.29) is 23.0 Å². The third-order valence-corrected chi connectivity index (χ3v) is 7.22. The highest BCUT2D eigenvalue weighted by Crippen LogP contribution is 2.18.